The number of hydrogen-bond donors (Lipinski definition) is 0. The Balaban J connectivity index is 2.46. The fourth-order valence-corrected chi connectivity index (χ4v) is 5.58. The van der Waals surface area contributed by atoms with Crippen LogP contribution >= 0.6 is 0 Å². The lowest BCUT2D eigenvalue weighted by Gasteiger charge is -2.28. The molecule has 1 rings (SSSR count). The molecular weight excluding hydrogens is 352 g/mol. The summed E-state index contributed by atoms with van der Waals surface area (Å²) in [6.45, 7) is 5.94. The summed E-state index contributed by atoms with van der Waals surface area (Å²) in [4.78, 5) is 0. The fraction of sp³-hybridized carbons (Fsp3) is 0.739. The molecule has 0 atom stereocenters. The molecule has 4 heteroatoms. The molecule has 156 valence electrons. The van der Waals surface area contributed by atoms with E-state index in [2.05, 4.69) is 26.0 Å². The summed E-state index contributed by atoms with van der Waals surface area (Å²) < 4.78 is 18.5. The van der Waals surface area contributed by atoms with Crippen molar-refractivity contribution < 1.29 is 13.3 Å². The highest BCUT2D eigenvalue weighted by Crippen LogP contribution is 2.14. The summed E-state index contributed by atoms with van der Waals surface area (Å²) in [7, 11) is -1.06. The summed E-state index contributed by atoms with van der Waals surface area (Å²) >= 11 is 0. The Kier molecular flexibility index (Phi) is 14.7. The molecule has 27 heavy (non-hydrogen) atoms. The molecular formula is C23H42O3Si. The van der Waals surface area contributed by atoms with Crippen LogP contribution < -0.4 is 5.19 Å². The summed E-state index contributed by atoms with van der Waals surface area (Å²) in [6.07, 6.45) is 15.1. The Morgan fingerprint density at radius 3 is 1.52 bits per heavy atom. The number of benzene rings is 1. The number of rotatable bonds is 18. The second-order valence-corrected chi connectivity index (χ2v) is 10.0. The minimum absolute atomic E-state index is 0.720. The molecule has 3 nitrogen and oxygen atoms in total. The first-order valence-electron chi connectivity index (χ1n) is 11.2. The maximum atomic E-state index is 6.31. The second kappa shape index (κ2) is 16.3. The quantitative estimate of drug-likeness (QED) is 0.218. The Bertz CT molecular complexity index is 421. The van der Waals surface area contributed by atoms with Crippen molar-refractivity contribution in [2.75, 3.05) is 20.3 Å². The third kappa shape index (κ3) is 10.4. The van der Waals surface area contributed by atoms with Crippen LogP contribution in [0.3, 0.4) is 0 Å². The number of hydrogen-bond acceptors (Lipinski definition) is 3. The van der Waals surface area contributed by atoms with Crippen LogP contribution in [0.4, 0.5) is 0 Å². The smallest absolute Gasteiger partial charge is 0.373 e. The average molecular weight is 395 g/mol. The van der Waals surface area contributed by atoms with E-state index in [1.165, 1.54) is 64.2 Å². The van der Waals surface area contributed by atoms with Crippen molar-refractivity contribution >= 4 is 14.0 Å². The third-order valence-corrected chi connectivity index (χ3v) is 7.72. The zero-order chi connectivity index (χ0) is 19.6. The highest BCUT2D eigenvalue weighted by atomic mass is 28.4. The third-order valence-electron chi connectivity index (χ3n) is 4.98. The largest absolute Gasteiger partial charge is 0.536 e. The molecule has 1 aromatic rings. The monoisotopic (exact) mass is 394 g/mol. The van der Waals surface area contributed by atoms with Gasteiger partial charge in [-0.2, -0.15) is 0 Å². The van der Waals surface area contributed by atoms with Crippen LogP contribution in [0.5, 0.6) is 0 Å². The van der Waals surface area contributed by atoms with Crippen molar-refractivity contribution in [1.82, 2.24) is 0 Å². The molecule has 0 unspecified atom stereocenters. The van der Waals surface area contributed by atoms with Crippen LogP contribution in [0.15, 0.2) is 30.3 Å². The Labute approximate surface area is 169 Å². The Morgan fingerprint density at radius 1 is 0.630 bits per heavy atom. The van der Waals surface area contributed by atoms with E-state index in [4.69, 9.17) is 13.3 Å². The van der Waals surface area contributed by atoms with Gasteiger partial charge in [-0.05, 0) is 12.8 Å². The zero-order valence-corrected chi connectivity index (χ0v) is 19.0. The highest BCUT2D eigenvalue weighted by Gasteiger charge is 2.42. The van der Waals surface area contributed by atoms with E-state index in [1.807, 2.05) is 18.2 Å². The first kappa shape index (κ1) is 24.4. The van der Waals surface area contributed by atoms with Gasteiger partial charge in [0, 0.05) is 25.5 Å². The molecule has 0 aliphatic rings. The van der Waals surface area contributed by atoms with Gasteiger partial charge in [0.2, 0.25) is 0 Å². The molecule has 0 spiro atoms. The first-order valence-corrected chi connectivity index (χ1v) is 12.9. The first-order chi connectivity index (χ1) is 13.3. The van der Waals surface area contributed by atoms with Crippen LogP contribution in [0.25, 0.3) is 0 Å². The van der Waals surface area contributed by atoms with Crippen molar-refractivity contribution in [3.05, 3.63) is 30.3 Å². The van der Waals surface area contributed by atoms with E-state index < -0.39 is 8.80 Å². The van der Waals surface area contributed by atoms with Gasteiger partial charge in [-0.1, -0.05) is 108 Å². The van der Waals surface area contributed by atoms with Crippen molar-refractivity contribution in [1.29, 1.82) is 0 Å². The normalized spacial score (nSPS) is 11.8. The van der Waals surface area contributed by atoms with E-state index in [9.17, 15) is 0 Å². The van der Waals surface area contributed by atoms with Gasteiger partial charge in [0.1, 0.15) is 0 Å². The molecule has 0 heterocycles. The van der Waals surface area contributed by atoms with Gasteiger partial charge in [-0.25, -0.2) is 0 Å². The topological polar surface area (TPSA) is 27.7 Å². The zero-order valence-electron chi connectivity index (χ0n) is 18.0. The van der Waals surface area contributed by atoms with Gasteiger partial charge in [0.15, 0.2) is 0 Å². The van der Waals surface area contributed by atoms with E-state index >= 15 is 0 Å². The average Bonchev–Trinajstić information content (AvgIpc) is 2.71. The minimum Gasteiger partial charge on any atom is -0.373 e. The molecule has 0 aliphatic carbocycles. The SMILES string of the molecule is CCCCCCCCO[Si](OC)(OCCCCCCCC)c1ccccc1. The van der Waals surface area contributed by atoms with Gasteiger partial charge < -0.3 is 13.3 Å². The van der Waals surface area contributed by atoms with Gasteiger partial charge in [0.25, 0.3) is 0 Å². The maximum absolute atomic E-state index is 6.31. The van der Waals surface area contributed by atoms with E-state index in [0.717, 1.165) is 31.2 Å². The lowest BCUT2D eigenvalue weighted by atomic mass is 10.1. The summed E-state index contributed by atoms with van der Waals surface area (Å²) in [5.41, 5.74) is 0. The van der Waals surface area contributed by atoms with E-state index in [1.54, 1.807) is 7.11 Å². The molecule has 0 aliphatic heterocycles. The lowest BCUT2D eigenvalue weighted by molar-refractivity contribution is 0.0884. The fourth-order valence-electron chi connectivity index (χ4n) is 3.26. The van der Waals surface area contributed by atoms with Crippen molar-refractivity contribution in [2.45, 2.75) is 90.9 Å². The van der Waals surface area contributed by atoms with Crippen LogP contribution in [-0.2, 0) is 13.3 Å². The van der Waals surface area contributed by atoms with Crippen molar-refractivity contribution in [3.63, 3.8) is 0 Å². The Morgan fingerprint density at radius 2 is 1.07 bits per heavy atom. The lowest BCUT2D eigenvalue weighted by Crippen LogP contribution is -2.56. The van der Waals surface area contributed by atoms with Crippen LogP contribution in [0.2, 0.25) is 0 Å². The van der Waals surface area contributed by atoms with Crippen LogP contribution in [-0.4, -0.2) is 29.1 Å². The van der Waals surface area contributed by atoms with Gasteiger partial charge in [-0.3, -0.25) is 0 Å². The highest BCUT2D eigenvalue weighted by molar-refractivity contribution is 6.75. The standard InChI is InChI=1S/C23H42O3Si/c1-4-6-8-10-12-17-21-25-27(24-3,23-19-15-14-16-20-23)26-22-18-13-11-9-7-5-2/h14-16,19-20H,4-13,17-18,21-22H2,1-3H3. The van der Waals surface area contributed by atoms with Crippen molar-refractivity contribution in [2.24, 2.45) is 0 Å². The van der Waals surface area contributed by atoms with Gasteiger partial charge in [-0.15, -0.1) is 0 Å². The molecule has 0 bridgehead atoms. The predicted molar refractivity (Wildman–Crippen MR) is 117 cm³/mol. The number of unbranched alkanes of at least 4 members (excludes halogenated alkanes) is 10. The molecule has 0 saturated carbocycles. The Hall–Kier alpha value is -0.683. The summed E-state index contributed by atoms with van der Waals surface area (Å²) in [5.74, 6) is 0. The molecule has 0 aromatic heterocycles. The molecule has 0 fully saturated rings. The minimum atomic E-state index is -2.80. The molecule has 0 saturated heterocycles. The van der Waals surface area contributed by atoms with Crippen LogP contribution in [0, 0.1) is 0 Å². The molecule has 0 radical (unpaired) electrons. The van der Waals surface area contributed by atoms with E-state index in [-0.39, 0.29) is 0 Å². The predicted octanol–water partition coefficient (Wildman–Crippen LogP) is 6.23. The summed E-state index contributed by atoms with van der Waals surface area (Å²) in [6, 6.07) is 10.3. The van der Waals surface area contributed by atoms with Gasteiger partial charge in [0.05, 0.1) is 0 Å². The molecule has 0 amide bonds. The van der Waals surface area contributed by atoms with Crippen molar-refractivity contribution in [3.8, 4) is 0 Å². The second-order valence-electron chi connectivity index (χ2n) is 7.36. The van der Waals surface area contributed by atoms with E-state index in [0.29, 0.717) is 0 Å². The molecule has 1 aromatic carbocycles. The molecule has 0 N–H and O–H groups in total. The van der Waals surface area contributed by atoms with Gasteiger partial charge >= 0.3 is 8.80 Å². The maximum Gasteiger partial charge on any atom is 0.536 e. The summed E-state index contributed by atoms with van der Waals surface area (Å²) in [5, 5.41) is 1.07. The van der Waals surface area contributed by atoms with Crippen LogP contribution in [0.1, 0.15) is 90.9 Å².